The number of ether oxygens (including phenoxy) is 1. The lowest BCUT2D eigenvalue weighted by Crippen LogP contribution is -2.46. The molecule has 38 heavy (non-hydrogen) atoms. The third kappa shape index (κ3) is 6.34. The predicted molar refractivity (Wildman–Crippen MR) is 138 cm³/mol. The first-order chi connectivity index (χ1) is 18.2. The molecule has 0 bridgehead atoms. The fourth-order valence-corrected chi connectivity index (χ4v) is 4.19. The maximum Gasteiger partial charge on any atom is 0.411 e. The van der Waals surface area contributed by atoms with Crippen molar-refractivity contribution in [2.24, 2.45) is 5.92 Å². The van der Waals surface area contributed by atoms with Gasteiger partial charge in [0, 0.05) is 12.2 Å². The van der Waals surface area contributed by atoms with Crippen molar-refractivity contribution >= 4 is 23.6 Å². The van der Waals surface area contributed by atoms with E-state index in [1.54, 1.807) is 42.5 Å². The Labute approximate surface area is 219 Å². The number of anilines is 1. The number of benzene rings is 3. The molecule has 9 heteroatoms. The largest absolute Gasteiger partial charge is 0.438 e. The highest BCUT2D eigenvalue weighted by Crippen LogP contribution is 2.34. The molecule has 0 spiro atoms. The van der Waals surface area contributed by atoms with Gasteiger partial charge in [0.05, 0.1) is 12.1 Å². The van der Waals surface area contributed by atoms with Crippen molar-refractivity contribution in [3.05, 3.63) is 101 Å². The highest BCUT2D eigenvalue weighted by atomic mass is 19.1. The number of halogens is 2. The maximum atomic E-state index is 13.9. The maximum absolute atomic E-state index is 13.9. The normalized spacial score (nSPS) is 16.9. The van der Waals surface area contributed by atoms with Crippen LogP contribution in [0.4, 0.5) is 19.3 Å². The molecule has 0 radical (unpaired) electrons. The van der Waals surface area contributed by atoms with E-state index in [4.69, 9.17) is 4.74 Å². The van der Waals surface area contributed by atoms with Crippen molar-refractivity contribution in [2.45, 2.75) is 39.0 Å². The molecule has 198 valence electrons. The number of cyclic esters (lactones) is 1. The Morgan fingerprint density at radius 2 is 1.66 bits per heavy atom. The Hall–Kier alpha value is -4.27. The van der Waals surface area contributed by atoms with Gasteiger partial charge >= 0.3 is 6.09 Å². The number of carbonyl (C=O) groups excluding carboxylic acids is 3. The molecule has 0 unspecified atom stereocenters. The van der Waals surface area contributed by atoms with Gasteiger partial charge in [-0.25, -0.2) is 13.6 Å². The number of amides is 3. The Balaban J connectivity index is 1.54. The zero-order chi connectivity index (χ0) is 27.2. The number of rotatable bonds is 9. The van der Waals surface area contributed by atoms with E-state index in [2.05, 4.69) is 10.6 Å². The summed E-state index contributed by atoms with van der Waals surface area (Å²) >= 11 is 0. The van der Waals surface area contributed by atoms with Crippen molar-refractivity contribution in [1.29, 1.82) is 0 Å². The van der Waals surface area contributed by atoms with Gasteiger partial charge in [-0.05, 0) is 59.9 Å². The van der Waals surface area contributed by atoms with Crippen molar-refractivity contribution in [3.8, 4) is 0 Å². The summed E-state index contributed by atoms with van der Waals surface area (Å²) in [4.78, 5) is 39.9. The summed E-state index contributed by atoms with van der Waals surface area (Å²) in [7, 11) is 0. The van der Waals surface area contributed by atoms with E-state index < -0.39 is 35.8 Å². The molecule has 1 heterocycles. The Morgan fingerprint density at radius 1 is 0.974 bits per heavy atom. The lowest BCUT2D eigenvalue weighted by atomic mass is 10.00. The minimum Gasteiger partial charge on any atom is -0.438 e. The minimum atomic E-state index is -0.960. The second kappa shape index (κ2) is 11.9. The van der Waals surface area contributed by atoms with Gasteiger partial charge in [-0.15, -0.1) is 0 Å². The van der Waals surface area contributed by atoms with Crippen molar-refractivity contribution in [2.75, 3.05) is 11.9 Å². The third-order valence-electron chi connectivity index (χ3n) is 6.26. The van der Waals surface area contributed by atoms with Crippen molar-refractivity contribution in [3.63, 3.8) is 0 Å². The smallest absolute Gasteiger partial charge is 0.411 e. The zero-order valence-electron chi connectivity index (χ0n) is 21.1. The zero-order valence-corrected chi connectivity index (χ0v) is 21.1. The summed E-state index contributed by atoms with van der Waals surface area (Å²) in [5.74, 6) is -1.61. The first-order valence-electron chi connectivity index (χ1n) is 12.4. The van der Waals surface area contributed by atoms with Gasteiger partial charge in [0.15, 0.2) is 12.1 Å². The van der Waals surface area contributed by atoms with E-state index in [0.29, 0.717) is 29.3 Å². The molecule has 1 saturated heterocycles. The molecule has 2 N–H and O–H groups in total. The molecule has 1 aliphatic heterocycles. The van der Waals surface area contributed by atoms with E-state index in [-0.39, 0.29) is 18.0 Å². The molecule has 0 saturated carbocycles. The second-order valence-corrected chi connectivity index (χ2v) is 9.53. The average Bonchev–Trinajstić information content (AvgIpc) is 3.21. The predicted octanol–water partition coefficient (Wildman–Crippen LogP) is 5.44. The lowest BCUT2D eigenvalue weighted by Gasteiger charge is -2.24. The summed E-state index contributed by atoms with van der Waals surface area (Å²) in [6.07, 6.45) is -0.801. The standard InChI is InChI=1S/C29H29F2N3O4/c1-18(2)15-16-32-28(36)25-26(38-29(37)34(25)17-19-7-11-21(30)12-8-19)20-9-13-22(14-10-20)33-27(35)23-5-3-4-6-24(23)31/h3-14,18,25-26H,15-17H2,1-2H3,(H,32,36)(H,33,35)/t25-,26-/m1/s1. The summed E-state index contributed by atoms with van der Waals surface area (Å²) in [5.41, 5.74) is 1.52. The van der Waals surface area contributed by atoms with Crippen LogP contribution in [0.2, 0.25) is 0 Å². The van der Waals surface area contributed by atoms with E-state index in [9.17, 15) is 23.2 Å². The molecular weight excluding hydrogens is 492 g/mol. The Kier molecular flexibility index (Phi) is 8.35. The van der Waals surface area contributed by atoms with Crippen LogP contribution in [0.25, 0.3) is 0 Å². The van der Waals surface area contributed by atoms with Gasteiger partial charge in [-0.1, -0.05) is 50.2 Å². The van der Waals surface area contributed by atoms with Crippen LogP contribution in [0.5, 0.6) is 0 Å². The molecule has 3 aromatic rings. The molecular formula is C29H29F2N3O4. The SMILES string of the molecule is CC(C)CCNC(=O)[C@H]1[C@@H](c2ccc(NC(=O)c3ccccc3F)cc2)OC(=O)N1Cc1ccc(F)cc1. The summed E-state index contributed by atoms with van der Waals surface area (Å²) in [6.45, 7) is 4.60. The van der Waals surface area contributed by atoms with E-state index >= 15 is 0 Å². The highest BCUT2D eigenvalue weighted by molar-refractivity contribution is 6.04. The number of carbonyl (C=O) groups is 3. The number of nitrogens with zero attached hydrogens (tertiary/aromatic N) is 1. The number of nitrogens with one attached hydrogen (secondary N) is 2. The molecule has 7 nitrogen and oxygen atoms in total. The summed E-state index contributed by atoms with van der Waals surface area (Å²) < 4.78 is 33.0. The first kappa shape index (κ1) is 26.8. The van der Waals surface area contributed by atoms with Crippen molar-refractivity contribution in [1.82, 2.24) is 10.2 Å². The monoisotopic (exact) mass is 521 g/mol. The molecule has 2 atom stereocenters. The second-order valence-electron chi connectivity index (χ2n) is 9.53. The van der Waals surface area contributed by atoms with Crippen LogP contribution >= 0.6 is 0 Å². The van der Waals surface area contributed by atoms with Crippen molar-refractivity contribution < 1.29 is 27.9 Å². The van der Waals surface area contributed by atoms with E-state index in [0.717, 1.165) is 6.42 Å². The van der Waals surface area contributed by atoms with Crippen LogP contribution < -0.4 is 10.6 Å². The highest BCUT2D eigenvalue weighted by Gasteiger charge is 2.46. The van der Waals surface area contributed by atoms with Crippen LogP contribution in [-0.2, 0) is 16.1 Å². The van der Waals surface area contributed by atoms with Crippen LogP contribution in [0.1, 0.15) is 47.9 Å². The Bertz CT molecular complexity index is 1300. The summed E-state index contributed by atoms with van der Waals surface area (Å²) in [5, 5.41) is 5.53. The van der Waals surface area contributed by atoms with Gasteiger partial charge in [0.25, 0.3) is 5.91 Å². The molecule has 1 fully saturated rings. The van der Waals surface area contributed by atoms with Gasteiger partial charge in [-0.3, -0.25) is 14.5 Å². The van der Waals surface area contributed by atoms with Crippen LogP contribution in [-0.4, -0.2) is 35.4 Å². The third-order valence-corrected chi connectivity index (χ3v) is 6.26. The first-order valence-corrected chi connectivity index (χ1v) is 12.4. The molecule has 0 aromatic heterocycles. The van der Waals surface area contributed by atoms with Gasteiger partial charge in [-0.2, -0.15) is 0 Å². The van der Waals surface area contributed by atoms with E-state index in [1.807, 2.05) is 13.8 Å². The lowest BCUT2D eigenvalue weighted by molar-refractivity contribution is -0.126. The molecule has 0 aliphatic carbocycles. The summed E-state index contributed by atoms with van der Waals surface area (Å²) in [6, 6.07) is 16.9. The Morgan fingerprint density at radius 3 is 2.32 bits per heavy atom. The van der Waals surface area contributed by atoms with E-state index in [1.165, 1.54) is 35.2 Å². The van der Waals surface area contributed by atoms with Gasteiger partial charge < -0.3 is 15.4 Å². The fourth-order valence-electron chi connectivity index (χ4n) is 4.19. The van der Waals surface area contributed by atoms with Crippen LogP contribution in [0, 0.1) is 17.6 Å². The average molecular weight is 522 g/mol. The van der Waals surface area contributed by atoms with Crippen LogP contribution in [0.15, 0.2) is 72.8 Å². The topological polar surface area (TPSA) is 87.7 Å². The molecule has 1 aliphatic rings. The molecule has 4 rings (SSSR count). The van der Waals surface area contributed by atoms with Crippen LogP contribution in [0.3, 0.4) is 0 Å². The quantitative estimate of drug-likeness (QED) is 0.393. The fraction of sp³-hybridized carbons (Fsp3) is 0.276. The van der Waals surface area contributed by atoms with Gasteiger partial charge in [0.2, 0.25) is 5.91 Å². The number of hydrogen-bond donors (Lipinski definition) is 2. The van der Waals surface area contributed by atoms with Gasteiger partial charge in [0.1, 0.15) is 11.6 Å². The number of hydrogen-bond acceptors (Lipinski definition) is 4. The molecule has 3 amide bonds. The minimum absolute atomic E-state index is 0.0641. The molecule has 3 aromatic carbocycles.